The van der Waals surface area contributed by atoms with Crippen LogP contribution >= 0.6 is 11.6 Å². The molecule has 4 heteroatoms. The lowest BCUT2D eigenvalue weighted by Gasteiger charge is -1.98. The Kier molecular flexibility index (Phi) is 1.69. The van der Waals surface area contributed by atoms with E-state index in [0.717, 1.165) is 0 Å². The molecule has 0 saturated heterocycles. The Bertz CT molecular complexity index is 85.4. The zero-order valence-corrected chi connectivity index (χ0v) is 4.30. The molecule has 0 radical (unpaired) electrons. The average Bonchev–Trinajstić information content (AvgIpc) is 1.31. The molecular formula is C3H3ClF2O. The molecule has 7 heavy (non-hydrogen) atoms. The predicted octanol–water partition coefficient (Wildman–Crippen LogP) is 1.41. The molecule has 0 bridgehead atoms. The van der Waals surface area contributed by atoms with Gasteiger partial charge in [-0.3, -0.25) is 4.79 Å². The average molecular weight is 129 g/mol. The van der Waals surface area contributed by atoms with E-state index < -0.39 is 11.2 Å². The van der Waals surface area contributed by atoms with E-state index in [4.69, 9.17) is 0 Å². The van der Waals surface area contributed by atoms with Crippen molar-refractivity contribution in [2.75, 3.05) is 0 Å². The lowest BCUT2D eigenvalue weighted by atomic mass is 10.4. The van der Waals surface area contributed by atoms with Crippen molar-refractivity contribution >= 4 is 16.8 Å². The summed E-state index contributed by atoms with van der Waals surface area (Å²) in [6.45, 7) is 0.447. The zero-order chi connectivity index (χ0) is 6.08. The molecule has 0 N–H and O–H groups in total. The fraction of sp³-hybridized carbons (Fsp3) is 0.667. The summed E-state index contributed by atoms with van der Waals surface area (Å²) >= 11 is 4.36. The number of hydrogen-bond donors (Lipinski definition) is 0. The third kappa shape index (κ3) is 2.51. The molecule has 0 unspecified atom stereocenters. The zero-order valence-electron chi connectivity index (χ0n) is 3.54. The van der Waals surface area contributed by atoms with Gasteiger partial charge in [0.05, 0.1) is 0 Å². The first-order valence-electron chi connectivity index (χ1n) is 1.52. The first-order chi connectivity index (χ1) is 2.94. The van der Waals surface area contributed by atoms with Gasteiger partial charge in [0.1, 0.15) is 0 Å². The largest absolute Gasteiger partial charge is 0.317 e. The van der Waals surface area contributed by atoms with E-state index >= 15 is 0 Å². The summed E-state index contributed by atoms with van der Waals surface area (Å²) in [5.41, 5.74) is 0. The number of hydrogen-bond acceptors (Lipinski definition) is 1. The second-order valence-electron chi connectivity index (χ2n) is 1.16. The van der Waals surface area contributed by atoms with Crippen molar-refractivity contribution in [3.05, 3.63) is 0 Å². The fourth-order valence-corrected chi connectivity index (χ4v) is 0. The number of halogens is 3. The maximum atomic E-state index is 11.4. The number of alkyl halides is 2. The molecule has 0 fully saturated rings. The quantitative estimate of drug-likeness (QED) is 0.488. The minimum absolute atomic E-state index is 0.447. The Morgan fingerprint density at radius 3 is 1.86 bits per heavy atom. The molecule has 0 atom stereocenters. The van der Waals surface area contributed by atoms with Crippen LogP contribution in [0.5, 0.6) is 0 Å². The van der Waals surface area contributed by atoms with E-state index in [-0.39, 0.29) is 0 Å². The summed E-state index contributed by atoms with van der Waals surface area (Å²) in [6, 6.07) is 0. The molecular weight excluding hydrogens is 125 g/mol. The monoisotopic (exact) mass is 128 g/mol. The molecule has 0 saturated carbocycles. The van der Waals surface area contributed by atoms with Gasteiger partial charge >= 0.3 is 5.92 Å². The van der Waals surface area contributed by atoms with Crippen molar-refractivity contribution in [2.45, 2.75) is 12.8 Å². The van der Waals surface area contributed by atoms with Gasteiger partial charge in [-0.1, -0.05) is 0 Å². The van der Waals surface area contributed by atoms with E-state index in [9.17, 15) is 13.6 Å². The Morgan fingerprint density at radius 1 is 1.71 bits per heavy atom. The summed E-state index contributed by atoms with van der Waals surface area (Å²) < 4.78 is 22.7. The van der Waals surface area contributed by atoms with E-state index in [1.54, 1.807) is 0 Å². The first-order valence-corrected chi connectivity index (χ1v) is 1.90. The van der Waals surface area contributed by atoms with Crippen LogP contribution in [0, 0.1) is 0 Å². The van der Waals surface area contributed by atoms with Crippen LogP contribution in [0.2, 0.25) is 0 Å². The van der Waals surface area contributed by atoms with Gasteiger partial charge in [0.25, 0.3) is 5.24 Å². The van der Waals surface area contributed by atoms with Gasteiger partial charge in [0.2, 0.25) is 0 Å². The van der Waals surface area contributed by atoms with Crippen LogP contribution in [0.3, 0.4) is 0 Å². The second kappa shape index (κ2) is 1.74. The topological polar surface area (TPSA) is 17.1 Å². The van der Waals surface area contributed by atoms with Crippen molar-refractivity contribution in [3.8, 4) is 0 Å². The van der Waals surface area contributed by atoms with Crippen molar-refractivity contribution in [1.29, 1.82) is 0 Å². The van der Waals surface area contributed by atoms with E-state index in [1.165, 1.54) is 0 Å². The molecule has 42 valence electrons. The van der Waals surface area contributed by atoms with Gasteiger partial charge in [-0.05, 0) is 11.6 Å². The molecule has 0 aromatic carbocycles. The fourth-order valence-electron chi connectivity index (χ4n) is 0. The van der Waals surface area contributed by atoms with Gasteiger partial charge in [-0.2, -0.15) is 8.78 Å². The maximum Gasteiger partial charge on any atom is 0.317 e. The van der Waals surface area contributed by atoms with Crippen molar-refractivity contribution < 1.29 is 13.6 Å². The molecule has 0 aromatic rings. The van der Waals surface area contributed by atoms with Crippen LogP contribution in [0.1, 0.15) is 6.92 Å². The molecule has 0 amide bonds. The van der Waals surface area contributed by atoms with E-state index in [1.807, 2.05) is 0 Å². The highest BCUT2D eigenvalue weighted by molar-refractivity contribution is 6.65. The Hall–Kier alpha value is -0.180. The number of carbonyl (C=O) groups excluding carboxylic acids is 1. The minimum atomic E-state index is -3.37. The van der Waals surface area contributed by atoms with E-state index in [2.05, 4.69) is 11.6 Å². The van der Waals surface area contributed by atoms with Crippen molar-refractivity contribution in [3.63, 3.8) is 0 Å². The van der Waals surface area contributed by atoms with Crippen LogP contribution in [-0.2, 0) is 4.79 Å². The molecule has 0 spiro atoms. The first kappa shape index (κ1) is 6.82. The third-order valence-electron chi connectivity index (χ3n) is 0.345. The molecule has 0 rings (SSSR count). The molecule has 1 nitrogen and oxygen atoms in total. The Labute approximate surface area is 44.3 Å². The lowest BCUT2D eigenvalue weighted by molar-refractivity contribution is -0.131. The van der Waals surface area contributed by atoms with Crippen LogP contribution < -0.4 is 0 Å². The highest BCUT2D eigenvalue weighted by Gasteiger charge is 2.29. The molecule has 0 aliphatic rings. The summed E-state index contributed by atoms with van der Waals surface area (Å²) in [4.78, 5) is 9.48. The third-order valence-corrected chi connectivity index (χ3v) is 0.677. The summed E-state index contributed by atoms with van der Waals surface area (Å²) in [5, 5.41) is -1.62. The molecule has 0 aromatic heterocycles. The highest BCUT2D eigenvalue weighted by Crippen LogP contribution is 2.14. The molecule has 0 heterocycles. The Morgan fingerprint density at radius 2 is 1.86 bits per heavy atom. The van der Waals surface area contributed by atoms with Crippen LogP contribution in [0.25, 0.3) is 0 Å². The lowest BCUT2D eigenvalue weighted by Crippen LogP contribution is -2.17. The van der Waals surface area contributed by atoms with Gasteiger partial charge in [0.15, 0.2) is 0 Å². The standard InChI is InChI=1S/C3H3ClF2O/c1-3(5,6)2(4)7/h1H3. The van der Waals surface area contributed by atoms with Gasteiger partial charge in [0, 0.05) is 6.92 Å². The van der Waals surface area contributed by atoms with Crippen LogP contribution in [0.15, 0.2) is 0 Å². The Balaban J connectivity index is 3.79. The second-order valence-corrected chi connectivity index (χ2v) is 1.51. The maximum absolute atomic E-state index is 11.4. The SMILES string of the molecule is CC(F)(F)C(=O)Cl. The van der Waals surface area contributed by atoms with E-state index in [0.29, 0.717) is 6.92 Å². The molecule has 0 aliphatic heterocycles. The minimum Gasteiger partial charge on any atom is -0.274 e. The van der Waals surface area contributed by atoms with Gasteiger partial charge in [-0.15, -0.1) is 0 Å². The highest BCUT2D eigenvalue weighted by atomic mass is 35.5. The van der Waals surface area contributed by atoms with Crippen LogP contribution in [-0.4, -0.2) is 11.2 Å². The number of rotatable bonds is 1. The summed E-state index contributed by atoms with van der Waals surface area (Å²) in [5.74, 6) is -3.37. The van der Waals surface area contributed by atoms with Gasteiger partial charge < -0.3 is 0 Å². The predicted molar refractivity (Wildman–Crippen MR) is 21.5 cm³/mol. The summed E-state index contributed by atoms with van der Waals surface area (Å²) in [7, 11) is 0. The summed E-state index contributed by atoms with van der Waals surface area (Å²) in [6.07, 6.45) is 0. The van der Waals surface area contributed by atoms with Gasteiger partial charge in [-0.25, -0.2) is 0 Å². The van der Waals surface area contributed by atoms with Crippen molar-refractivity contribution in [1.82, 2.24) is 0 Å². The molecule has 0 aliphatic carbocycles. The van der Waals surface area contributed by atoms with Crippen molar-refractivity contribution in [2.24, 2.45) is 0 Å². The van der Waals surface area contributed by atoms with Crippen LogP contribution in [0.4, 0.5) is 8.78 Å². The number of carbonyl (C=O) groups is 1. The normalized spacial score (nSPS) is 11.4. The smallest absolute Gasteiger partial charge is 0.274 e.